The molecule has 1 aliphatic carbocycles. The molecule has 0 radical (unpaired) electrons. The third-order valence-electron chi connectivity index (χ3n) is 6.69. The summed E-state index contributed by atoms with van der Waals surface area (Å²) in [6, 6.07) is 4.68. The standard InChI is InChI=1S/C25H33ClFN5O/c1-16(2)13-28-14-19(18-5-6-20(26)21(27)12-18)25(33)32-10-8-31(9-11-32)24-23-17(3)4-7-22(23)29-15-30-24/h5-6,12,15-17,19,28H,4,7-11,13-14H2,1-3H3/t17-,19-/m1/s1. The molecule has 1 aliphatic heterocycles. The van der Waals surface area contributed by atoms with Crippen molar-refractivity contribution in [2.45, 2.75) is 45.4 Å². The molecule has 0 spiro atoms. The Balaban J connectivity index is 1.47. The largest absolute Gasteiger partial charge is 0.353 e. The lowest BCUT2D eigenvalue weighted by Crippen LogP contribution is -2.51. The highest BCUT2D eigenvalue weighted by molar-refractivity contribution is 6.30. The Morgan fingerprint density at radius 2 is 1.97 bits per heavy atom. The highest BCUT2D eigenvalue weighted by atomic mass is 35.5. The molecule has 1 N–H and O–H groups in total. The summed E-state index contributed by atoms with van der Waals surface area (Å²) >= 11 is 5.88. The molecule has 2 atom stereocenters. The van der Waals surface area contributed by atoms with Crippen molar-refractivity contribution in [1.82, 2.24) is 20.2 Å². The third kappa shape index (κ3) is 5.30. The van der Waals surface area contributed by atoms with Crippen LogP contribution in [-0.2, 0) is 11.2 Å². The van der Waals surface area contributed by atoms with Gasteiger partial charge in [-0.05, 0) is 48.9 Å². The molecule has 1 aromatic carbocycles. The number of aromatic nitrogens is 2. The number of halogens is 2. The van der Waals surface area contributed by atoms with E-state index >= 15 is 0 Å². The normalized spacial score (nSPS) is 19.2. The highest BCUT2D eigenvalue weighted by Crippen LogP contribution is 2.37. The van der Waals surface area contributed by atoms with Crippen molar-refractivity contribution in [2.24, 2.45) is 5.92 Å². The van der Waals surface area contributed by atoms with Gasteiger partial charge in [-0.1, -0.05) is 38.4 Å². The minimum atomic E-state index is -0.493. The Hall–Kier alpha value is -2.25. The number of aryl methyl sites for hydroxylation is 1. The second-order valence-corrected chi connectivity index (χ2v) is 10.00. The monoisotopic (exact) mass is 473 g/mol. The van der Waals surface area contributed by atoms with Gasteiger partial charge in [0.1, 0.15) is 18.0 Å². The third-order valence-corrected chi connectivity index (χ3v) is 6.99. The number of fused-ring (bicyclic) bond motifs is 1. The minimum absolute atomic E-state index is 0.0221. The van der Waals surface area contributed by atoms with Gasteiger partial charge in [0.05, 0.1) is 10.9 Å². The van der Waals surface area contributed by atoms with Crippen molar-refractivity contribution < 1.29 is 9.18 Å². The van der Waals surface area contributed by atoms with Gasteiger partial charge >= 0.3 is 0 Å². The maximum Gasteiger partial charge on any atom is 0.231 e. The number of nitrogens with zero attached hydrogens (tertiary/aromatic N) is 4. The van der Waals surface area contributed by atoms with Crippen LogP contribution >= 0.6 is 11.6 Å². The first-order valence-electron chi connectivity index (χ1n) is 11.9. The van der Waals surface area contributed by atoms with Gasteiger partial charge in [-0.15, -0.1) is 0 Å². The van der Waals surface area contributed by atoms with Crippen LogP contribution < -0.4 is 10.2 Å². The van der Waals surface area contributed by atoms with Crippen molar-refractivity contribution in [2.75, 3.05) is 44.2 Å². The van der Waals surface area contributed by atoms with E-state index in [9.17, 15) is 9.18 Å². The highest BCUT2D eigenvalue weighted by Gasteiger charge is 2.32. The summed E-state index contributed by atoms with van der Waals surface area (Å²) in [4.78, 5) is 26.8. The maximum atomic E-state index is 14.2. The molecule has 2 aromatic rings. The van der Waals surface area contributed by atoms with Crippen molar-refractivity contribution in [3.05, 3.63) is 52.2 Å². The van der Waals surface area contributed by atoms with Crippen LogP contribution in [0.15, 0.2) is 24.5 Å². The van der Waals surface area contributed by atoms with E-state index < -0.39 is 11.7 Å². The summed E-state index contributed by atoms with van der Waals surface area (Å²) in [7, 11) is 0. The molecule has 1 amide bonds. The topological polar surface area (TPSA) is 61.4 Å². The van der Waals surface area contributed by atoms with Crippen LogP contribution in [0, 0.1) is 11.7 Å². The smallest absolute Gasteiger partial charge is 0.231 e. The predicted octanol–water partition coefficient (Wildman–Crippen LogP) is 4.00. The van der Waals surface area contributed by atoms with Gasteiger partial charge in [0.2, 0.25) is 5.91 Å². The zero-order chi connectivity index (χ0) is 23.5. The van der Waals surface area contributed by atoms with Gasteiger partial charge in [-0.2, -0.15) is 0 Å². The maximum absolute atomic E-state index is 14.2. The molecule has 2 heterocycles. The molecule has 1 saturated heterocycles. The molecule has 33 heavy (non-hydrogen) atoms. The molecule has 6 nitrogen and oxygen atoms in total. The molecule has 4 rings (SSSR count). The molecule has 8 heteroatoms. The number of rotatable bonds is 7. The fourth-order valence-electron chi connectivity index (χ4n) is 4.83. The summed E-state index contributed by atoms with van der Waals surface area (Å²) in [5.74, 6) is 1.02. The van der Waals surface area contributed by atoms with E-state index in [0.29, 0.717) is 37.0 Å². The number of benzene rings is 1. The number of hydrogen-bond acceptors (Lipinski definition) is 5. The lowest BCUT2D eigenvalue weighted by molar-refractivity contribution is -0.133. The van der Waals surface area contributed by atoms with Crippen molar-refractivity contribution in [1.29, 1.82) is 0 Å². The second kappa shape index (κ2) is 10.3. The Morgan fingerprint density at radius 3 is 2.67 bits per heavy atom. The summed E-state index contributed by atoms with van der Waals surface area (Å²) in [5.41, 5.74) is 3.08. The summed E-state index contributed by atoms with van der Waals surface area (Å²) in [6.45, 7) is 10.4. The number of hydrogen-bond donors (Lipinski definition) is 1. The van der Waals surface area contributed by atoms with Gasteiger partial charge in [0.25, 0.3) is 0 Å². The molecule has 0 bridgehead atoms. The van der Waals surface area contributed by atoms with Crippen molar-refractivity contribution in [3.63, 3.8) is 0 Å². The molecular formula is C25H33ClFN5O. The molecule has 0 saturated carbocycles. The average Bonchev–Trinajstić information content (AvgIpc) is 3.19. The average molecular weight is 474 g/mol. The molecular weight excluding hydrogens is 441 g/mol. The Kier molecular flexibility index (Phi) is 7.49. The van der Waals surface area contributed by atoms with Crippen LogP contribution in [0.3, 0.4) is 0 Å². The van der Waals surface area contributed by atoms with Crippen LogP contribution in [0.2, 0.25) is 5.02 Å². The quantitative estimate of drug-likeness (QED) is 0.658. The van der Waals surface area contributed by atoms with E-state index in [-0.39, 0.29) is 10.9 Å². The minimum Gasteiger partial charge on any atom is -0.353 e. The van der Waals surface area contributed by atoms with E-state index in [1.165, 1.54) is 17.7 Å². The molecule has 1 aromatic heterocycles. The summed E-state index contributed by atoms with van der Waals surface area (Å²) in [5, 5.41) is 3.44. The first kappa shape index (κ1) is 23.9. The van der Waals surface area contributed by atoms with E-state index in [4.69, 9.17) is 11.6 Å². The van der Waals surface area contributed by atoms with Crippen molar-refractivity contribution >= 4 is 23.3 Å². The fourth-order valence-corrected chi connectivity index (χ4v) is 4.94. The molecule has 178 valence electrons. The number of carbonyl (C=O) groups excluding carboxylic acids is 1. The Labute approximate surface area is 200 Å². The van der Waals surface area contributed by atoms with E-state index in [0.717, 1.165) is 44.0 Å². The van der Waals surface area contributed by atoms with Crippen LogP contribution in [0.25, 0.3) is 0 Å². The van der Waals surface area contributed by atoms with Gasteiger partial charge in [0.15, 0.2) is 0 Å². The Morgan fingerprint density at radius 1 is 1.21 bits per heavy atom. The molecule has 0 unspecified atom stereocenters. The van der Waals surface area contributed by atoms with Gasteiger partial charge in [0, 0.05) is 44.0 Å². The zero-order valence-corrected chi connectivity index (χ0v) is 20.4. The van der Waals surface area contributed by atoms with Crippen LogP contribution in [0.4, 0.5) is 10.2 Å². The molecule has 1 fully saturated rings. The van der Waals surface area contributed by atoms with Crippen LogP contribution in [0.5, 0.6) is 0 Å². The fraction of sp³-hybridized carbons (Fsp3) is 0.560. The van der Waals surface area contributed by atoms with Gasteiger partial charge < -0.3 is 15.1 Å². The van der Waals surface area contributed by atoms with E-state index in [2.05, 4.69) is 41.0 Å². The lowest BCUT2D eigenvalue weighted by Gasteiger charge is -2.38. The van der Waals surface area contributed by atoms with Crippen LogP contribution in [-0.4, -0.2) is 60.0 Å². The SMILES string of the molecule is CC(C)CNC[C@@H](C(=O)N1CCN(c2ncnc3c2[C@H](C)CC3)CC1)c1ccc(Cl)c(F)c1. The molecule has 2 aliphatic rings. The van der Waals surface area contributed by atoms with Crippen molar-refractivity contribution in [3.8, 4) is 0 Å². The predicted molar refractivity (Wildman–Crippen MR) is 129 cm³/mol. The number of amides is 1. The van der Waals surface area contributed by atoms with Gasteiger partial charge in [-0.3, -0.25) is 4.79 Å². The van der Waals surface area contributed by atoms with Gasteiger partial charge in [-0.25, -0.2) is 14.4 Å². The lowest BCUT2D eigenvalue weighted by atomic mass is 9.96. The number of anilines is 1. The van der Waals surface area contributed by atoms with Crippen LogP contribution in [0.1, 0.15) is 55.8 Å². The Bertz CT molecular complexity index is 993. The number of carbonyl (C=O) groups is 1. The number of piperazine rings is 1. The van der Waals surface area contributed by atoms with E-state index in [1.54, 1.807) is 12.4 Å². The van der Waals surface area contributed by atoms with E-state index in [1.807, 2.05) is 4.90 Å². The first-order valence-corrected chi connectivity index (χ1v) is 12.3. The zero-order valence-electron chi connectivity index (χ0n) is 19.7. The number of nitrogens with one attached hydrogen (secondary N) is 1. The second-order valence-electron chi connectivity index (χ2n) is 9.59. The summed E-state index contributed by atoms with van der Waals surface area (Å²) in [6.07, 6.45) is 3.78. The first-order chi connectivity index (χ1) is 15.8. The summed E-state index contributed by atoms with van der Waals surface area (Å²) < 4.78 is 14.2.